The van der Waals surface area contributed by atoms with Crippen molar-refractivity contribution < 1.29 is 57.3 Å². The fourth-order valence-corrected chi connectivity index (χ4v) is 13.1. The van der Waals surface area contributed by atoms with Crippen LogP contribution in [0.15, 0.2) is 73.3 Å². The molecule has 6 aromatic rings. The van der Waals surface area contributed by atoms with Crippen LogP contribution in [0.2, 0.25) is 0 Å². The molecule has 4 aliphatic heterocycles. The van der Waals surface area contributed by atoms with Gasteiger partial charge in [0.05, 0.1) is 77.1 Å². The number of amides is 8. The van der Waals surface area contributed by atoms with Crippen LogP contribution in [0.5, 0.6) is 0 Å². The normalized spacial score (nSPS) is 18.5. The Kier molecular flexibility index (Phi) is 26.7. The molecule has 96 heavy (non-hydrogen) atoms. The number of alkyl carbamates (subject to hydrolysis) is 4. The van der Waals surface area contributed by atoms with Gasteiger partial charge in [0.25, 0.3) is 0 Å². The fraction of sp³-hybridized carbons (Fsp3) is 0.533. The highest BCUT2D eigenvalue weighted by atomic mass is 33.1. The fourth-order valence-electron chi connectivity index (χ4n) is 8.43. The van der Waals surface area contributed by atoms with Crippen LogP contribution in [-0.4, -0.2) is 178 Å². The van der Waals surface area contributed by atoms with Crippen molar-refractivity contribution in [1.82, 2.24) is 103 Å². The first-order valence-corrected chi connectivity index (χ1v) is 35.5. The summed E-state index contributed by atoms with van der Waals surface area (Å²) in [4.78, 5) is 107. The Morgan fingerprint density at radius 1 is 0.365 bits per heavy atom. The van der Waals surface area contributed by atoms with E-state index in [0.29, 0.717) is 49.0 Å². The van der Waals surface area contributed by atoms with Gasteiger partial charge in [-0.25, -0.2) is 37.9 Å². The molecule has 8 N–H and O–H groups in total. The number of aromatic nitrogens is 12. The van der Waals surface area contributed by atoms with Gasteiger partial charge in [-0.1, -0.05) is 113 Å². The van der Waals surface area contributed by atoms with Crippen LogP contribution in [0.3, 0.4) is 0 Å². The Balaban J connectivity index is 1.06. The summed E-state index contributed by atoms with van der Waals surface area (Å²) in [6.07, 6.45) is 3.49. The molecule has 4 atom stereocenters. The third-order valence-corrected chi connectivity index (χ3v) is 17.5. The lowest BCUT2D eigenvalue weighted by Gasteiger charge is -2.24. The average Bonchev–Trinajstić information content (AvgIpc) is 1.74. The van der Waals surface area contributed by atoms with Gasteiger partial charge in [-0.15, -0.1) is 20.4 Å². The number of nitrogens with zero attached hydrogens (tertiary/aromatic N) is 12. The molecule has 520 valence electrons. The zero-order chi connectivity index (χ0) is 69.8. The van der Waals surface area contributed by atoms with Gasteiger partial charge in [0.1, 0.15) is 69.3 Å². The van der Waals surface area contributed by atoms with Crippen molar-refractivity contribution in [2.24, 2.45) is 0 Å². The van der Waals surface area contributed by atoms with Crippen molar-refractivity contribution in [3.63, 3.8) is 0 Å². The maximum atomic E-state index is 13.8. The largest absolute Gasteiger partial charge is 0.444 e. The van der Waals surface area contributed by atoms with Crippen molar-refractivity contribution in [3.8, 4) is 0 Å². The second-order valence-corrected chi connectivity index (χ2v) is 31.2. The van der Waals surface area contributed by atoms with Gasteiger partial charge in [0.15, 0.2) is 0 Å². The van der Waals surface area contributed by atoms with E-state index in [1.807, 2.05) is 48.5 Å². The summed E-state index contributed by atoms with van der Waals surface area (Å²) in [5, 5.41) is 55.9. The summed E-state index contributed by atoms with van der Waals surface area (Å²) in [5.74, 6) is -2.03. The lowest BCUT2D eigenvalue weighted by atomic mass is 10.1. The van der Waals surface area contributed by atoms with Crippen LogP contribution in [-0.2, 0) is 90.5 Å². The van der Waals surface area contributed by atoms with Crippen molar-refractivity contribution in [2.45, 2.75) is 182 Å². The quantitative estimate of drug-likeness (QED) is 0.0871. The predicted molar refractivity (Wildman–Crippen MR) is 359 cm³/mol. The van der Waals surface area contributed by atoms with E-state index in [1.165, 1.54) is 43.2 Å². The van der Waals surface area contributed by atoms with E-state index in [9.17, 15) is 38.4 Å². The summed E-state index contributed by atoms with van der Waals surface area (Å²) in [7, 11) is 4.75. The van der Waals surface area contributed by atoms with Crippen LogP contribution in [0.25, 0.3) is 0 Å². The van der Waals surface area contributed by atoms with E-state index < -0.39 is 94.6 Å². The molecular formula is C60H84N20O12S4. The summed E-state index contributed by atoms with van der Waals surface area (Å²) < 4.78 is 28.4. The molecule has 0 unspecified atom stereocenters. The molecule has 0 fully saturated rings. The molecular weight excluding hydrogens is 1320 g/mol. The number of ether oxygens (including phenoxy) is 4. The predicted octanol–water partition coefficient (Wildman–Crippen LogP) is 4.76. The number of nitrogens with one attached hydrogen (secondary N) is 8. The molecule has 4 aliphatic rings. The minimum atomic E-state index is -1.10. The minimum Gasteiger partial charge on any atom is -0.444 e. The van der Waals surface area contributed by atoms with E-state index in [0.717, 1.165) is 22.3 Å². The highest BCUT2D eigenvalue weighted by Crippen LogP contribution is 2.26. The molecule has 8 heterocycles. The number of rotatable bonds is 4. The van der Waals surface area contributed by atoms with Crippen LogP contribution >= 0.6 is 43.2 Å². The van der Waals surface area contributed by atoms with Crippen molar-refractivity contribution in [1.29, 1.82) is 0 Å². The summed E-state index contributed by atoms with van der Waals surface area (Å²) >= 11 is 0. The number of carbonyl (C=O) groups excluding carboxylic acids is 8. The van der Waals surface area contributed by atoms with Gasteiger partial charge < -0.3 is 61.5 Å². The van der Waals surface area contributed by atoms with Crippen molar-refractivity contribution in [3.05, 3.63) is 118 Å². The molecule has 0 radical (unpaired) electrons. The number of benzene rings is 2. The lowest BCUT2D eigenvalue weighted by molar-refractivity contribution is -0.123. The first-order valence-electron chi connectivity index (χ1n) is 30.5. The van der Waals surface area contributed by atoms with E-state index in [2.05, 4.69) is 83.8 Å². The average molecular weight is 1410 g/mol. The maximum Gasteiger partial charge on any atom is 0.408 e. The molecule has 36 heteroatoms. The summed E-state index contributed by atoms with van der Waals surface area (Å²) in [6, 6.07) is 11.0. The highest BCUT2D eigenvalue weighted by Gasteiger charge is 2.31. The smallest absolute Gasteiger partial charge is 0.408 e. The van der Waals surface area contributed by atoms with Crippen molar-refractivity contribution in [2.75, 3.05) is 23.0 Å². The minimum absolute atomic E-state index is 0.0246. The Bertz CT molecular complexity index is 3130. The third kappa shape index (κ3) is 27.2. The molecule has 0 aliphatic carbocycles. The monoisotopic (exact) mass is 1400 g/mol. The molecule has 0 saturated heterocycles. The number of hydrogen-bond donors (Lipinski definition) is 8. The van der Waals surface area contributed by atoms with E-state index in [-0.39, 0.29) is 49.2 Å². The second-order valence-electron chi connectivity index (χ2n) is 26.1. The Hall–Kier alpha value is -8.64. The lowest BCUT2D eigenvalue weighted by Crippen LogP contribution is -2.50. The zero-order valence-electron chi connectivity index (χ0n) is 55.6. The van der Waals surface area contributed by atoms with E-state index >= 15 is 0 Å². The third-order valence-electron chi connectivity index (χ3n) is 12.7. The Morgan fingerprint density at radius 2 is 0.552 bits per heavy atom. The van der Waals surface area contributed by atoms with E-state index in [1.54, 1.807) is 127 Å². The molecule has 32 nitrogen and oxygen atoms in total. The van der Waals surface area contributed by atoms with Crippen LogP contribution in [0, 0.1) is 0 Å². The second kappa shape index (κ2) is 34.3. The maximum absolute atomic E-state index is 13.8. The molecule has 2 aromatic carbocycles. The zero-order valence-corrected chi connectivity index (χ0v) is 58.9. The topological polar surface area (TPSA) is 393 Å². The molecule has 10 rings (SSSR count). The Labute approximate surface area is 571 Å². The SMILES string of the molecule is CC(C)(C)OC(=O)N[C@H]1CSSC[C@H](NC(=O)OC(C)(C)C)C(=O)NCc2cn(nn2)Cc2ccc(cc2)Cn2cc(nn2)CNC(=O)[C@@H](NC(=O)OC(C)(C)C)CSSC[C@H](NC(=O)OC(C)(C)C)C(=O)NCc2cn(nn2)Cc2ccc(cc2)Cn2cc(nn2)CNC1=O. The van der Waals surface area contributed by atoms with E-state index in [4.69, 9.17) is 18.9 Å². The number of carbonyl (C=O) groups is 8. The van der Waals surface area contributed by atoms with Gasteiger partial charge in [-0.05, 0) is 105 Å². The van der Waals surface area contributed by atoms with Crippen LogP contribution in [0.1, 0.15) is 128 Å². The van der Waals surface area contributed by atoms with Crippen LogP contribution < -0.4 is 42.5 Å². The summed E-state index contributed by atoms with van der Waals surface area (Å²) in [5.41, 5.74) is 1.91. The van der Waals surface area contributed by atoms with Gasteiger partial charge in [0, 0.05) is 23.0 Å². The van der Waals surface area contributed by atoms with Gasteiger partial charge in [-0.2, -0.15) is 0 Å². The van der Waals surface area contributed by atoms with Crippen molar-refractivity contribution >= 4 is 91.2 Å². The molecule has 0 spiro atoms. The highest BCUT2D eigenvalue weighted by molar-refractivity contribution is 8.77. The molecule has 0 saturated carbocycles. The summed E-state index contributed by atoms with van der Waals surface area (Å²) in [6.45, 7) is 21.7. The standard InChI is InChI=1S/C60H84N20O12S4/c1-57(2,3)89-53(85)65-45-33-93-94-34-46(66-54(86)90-58(4,5)6)50(82)62-22-42-30-78(74-70-42)27-39-17-19-40(20-18-39)28-80-32-44(72-76-80)24-64-52(84)48(68-56(88)92-60(10,11)12)36-96-95-35-47(67-55(87)91-59(7,8)9)51(83)63-23-43-31-79(75-71-43)26-38-15-13-37(14-16-38)25-77-29-41(69-73-77)21-61-49(45)81/h13-20,29-32,45-48H,21-28,33-36H2,1-12H3,(H,61,81)(H,62,82)(H,63,83)(H,64,84)(H,65,85)(H,66,86)(H,67,87)(H,68,88)/t45-,46-,47-,48-/m0/s1. The molecule has 8 amide bonds. The van der Waals surface area contributed by atoms with Gasteiger partial charge >= 0.3 is 24.4 Å². The first-order chi connectivity index (χ1) is 45.2. The number of hydrogen-bond acceptors (Lipinski definition) is 24. The molecule has 4 aromatic heterocycles. The van der Waals surface area contributed by atoms with Gasteiger partial charge in [-0.3, -0.25) is 19.2 Å². The first kappa shape index (κ1) is 74.8. The molecule has 12 bridgehead atoms. The Morgan fingerprint density at radius 3 is 0.729 bits per heavy atom. The van der Waals surface area contributed by atoms with Crippen LogP contribution in [0.4, 0.5) is 19.2 Å². The van der Waals surface area contributed by atoms with Gasteiger partial charge in [0.2, 0.25) is 23.6 Å².